The number of benzene rings is 2. The third-order valence-corrected chi connectivity index (χ3v) is 4.51. The van der Waals surface area contributed by atoms with E-state index in [-0.39, 0.29) is 17.6 Å². The van der Waals surface area contributed by atoms with E-state index in [4.69, 9.17) is 0 Å². The van der Waals surface area contributed by atoms with Gasteiger partial charge < -0.3 is 15.7 Å². The summed E-state index contributed by atoms with van der Waals surface area (Å²) in [4.78, 5) is 29.1. The Labute approximate surface area is 144 Å². The highest BCUT2D eigenvalue weighted by molar-refractivity contribution is 6.14. The molecule has 2 heterocycles. The molecule has 2 aliphatic rings. The van der Waals surface area contributed by atoms with Gasteiger partial charge in [-0.3, -0.25) is 14.6 Å². The maximum Gasteiger partial charge on any atom is 0.243 e. The fraction of sp³-hybridized carbons (Fsp3) is 0.211. The van der Waals surface area contributed by atoms with Crippen LogP contribution < -0.4 is 10.6 Å². The fourth-order valence-corrected chi connectivity index (χ4v) is 3.15. The zero-order valence-corrected chi connectivity index (χ0v) is 13.4. The molecule has 0 aromatic heterocycles. The maximum absolute atomic E-state index is 12.4. The molecule has 0 saturated carbocycles. The molecule has 6 nitrogen and oxygen atoms in total. The first-order chi connectivity index (χ1) is 12.1. The standard InChI is InChI=1S/C19H17N3O3/c23-12-7-5-11(6-8-12)9-16-18(24)22-17(19(25)21-16)10-15-13-3-1-2-4-14(13)20-15/h1-8,16-17,23H,9-10H2,(H,21,25)(H,22,24). The number of fused-ring (bicyclic) bond motifs is 1. The largest absolute Gasteiger partial charge is 0.508 e. The number of nitrogens with zero attached hydrogens (tertiary/aromatic N) is 1. The van der Waals surface area contributed by atoms with Crippen molar-refractivity contribution in [1.29, 1.82) is 0 Å². The molecule has 25 heavy (non-hydrogen) atoms. The number of aromatic hydroxyl groups is 1. The van der Waals surface area contributed by atoms with Gasteiger partial charge in [-0.25, -0.2) is 0 Å². The van der Waals surface area contributed by atoms with E-state index in [2.05, 4.69) is 15.6 Å². The highest BCUT2D eigenvalue weighted by atomic mass is 16.3. The van der Waals surface area contributed by atoms with Gasteiger partial charge in [0.05, 0.1) is 11.4 Å². The quantitative estimate of drug-likeness (QED) is 0.790. The molecule has 1 fully saturated rings. The van der Waals surface area contributed by atoms with E-state index < -0.39 is 12.1 Å². The predicted molar refractivity (Wildman–Crippen MR) is 92.9 cm³/mol. The van der Waals surface area contributed by atoms with Gasteiger partial charge in [0, 0.05) is 18.4 Å². The Kier molecular flexibility index (Phi) is 3.72. The highest BCUT2D eigenvalue weighted by Gasteiger charge is 2.35. The number of piperazine rings is 1. The molecule has 2 amide bonds. The van der Waals surface area contributed by atoms with Crippen LogP contribution in [0.2, 0.25) is 0 Å². The lowest BCUT2D eigenvalue weighted by molar-refractivity contribution is -0.136. The molecule has 2 aromatic rings. The summed E-state index contributed by atoms with van der Waals surface area (Å²) >= 11 is 0. The van der Waals surface area contributed by atoms with Gasteiger partial charge in [0.15, 0.2) is 0 Å². The topological polar surface area (TPSA) is 90.8 Å². The third kappa shape index (κ3) is 2.98. The zero-order valence-electron chi connectivity index (χ0n) is 13.4. The van der Waals surface area contributed by atoms with Gasteiger partial charge in [0.1, 0.15) is 17.8 Å². The fourth-order valence-electron chi connectivity index (χ4n) is 3.15. The third-order valence-electron chi connectivity index (χ3n) is 4.51. The molecule has 2 aromatic carbocycles. The van der Waals surface area contributed by atoms with Crippen molar-refractivity contribution in [2.24, 2.45) is 4.99 Å². The summed E-state index contributed by atoms with van der Waals surface area (Å²) in [6, 6.07) is 13.1. The second-order valence-electron chi connectivity index (χ2n) is 6.27. The number of amides is 2. The summed E-state index contributed by atoms with van der Waals surface area (Å²) in [7, 11) is 0. The van der Waals surface area contributed by atoms with Gasteiger partial charge in [-0.1, -0.05) is 30.3 Å². The molecule has 3 N–H and O–H groups in total. The number of aliphatic imine (C=N–C) groups is 1. The molecule has 0 spiro atoms. The first kappa shape index (κ1) is 15.4. The van der Waals surface area contributed by atoms with Crippen LogP contribution in [0.15, 0.2) is 53.5 Å². The minimum absolute atomic E-state index is 0.169. The smallest absolute Gasteiger partial charge is 0.243 e. The summed E-state index contributed by atoms with van der Waals surface area (Å²) in [6.07, 6.45) is 0.773. The maximum atomic E-state index is 12.4. The molecular formula is C19H17N3O3. The van der Waals surface area contributed by atoms with E-state index in [0.29, 0.717) is 12.8 Å². The van der Waals surface area contributed by atoms with Crippen molar-refractivity contribution in [2.45, 2.75) is 24.9 Å². The highest BCUT2D eigenvalue weighted by Crippen LogP contribution is 2.31. The molecule has 6 heteroatoms. The van der Waals surface area contributed by atoms with Gasteiger partial charge in [-0.2, -0.15) is 0 Å². The molecule has 4 rings (SSSR count). The molecule has 1 saturated heterocycles. The van der Waals surface area contributed by atoms with Crippen molar-refractivity contribution in [3.05, 3.63) is 59.7 Å². The van der Waals surface area contributed by atoms with Crippen LogP contribution in [0.1, 0.15) is 17.5 Å². The molecule has 2 atom stereocenters. The van der Waals surface area contributed by atoms with Crippen LogP contribution in [-0.4, -0.2) is 34.7 Å². The minimum atomic E-state index is -0.607. The van der Waals surface area contributed by atoms with Gasteiger partial charge >= 0.3 is 0 Å². The van der Waals surface area contributed by atoms with Crippen molar-refractivity contribution < 1.29 is 14.7 Å². The van der Waals surface area contributed by atoms with E-state index in [9.17, 15) is 14.7 Å². The van der Waals surface area contributed by atoms with E-state index >= 15 is 0 Å². The lowest BCUT2D eigenvalue weighted by Crippen LogP contribution is -2.62. The molecule has 126 valence electrons. The van der Waals surface area contributed by atoms with Crippen LogP contribution in [0.5, 0.6) is 5.75 Å². The molecule has 2 aliphatic heterocycles. The van der Waals surface area contributed by atoms with Gasteiger partial charge in [0.25, 0.3) is 0 Å². The summed E-state index contributed by atoms with van der Waals surface area (Å²) < 4.78 is 0. The number of para-hydroxylation sites is 1. The number of hydrogen-bond acceptors (Lipinski definition) is 4. The minimum Gasteiger partial charge on any atom is -0.508 e. The number of phenols is 1. The lowest BCUT2D eigenvalue weighted by atomic mass is 9.94. The van der Waals surface area contributed by atoms with Crippen LogP contribution in [-0.2, 0) is 16.0 Å². The Balaban J connectivity index is 1.40. The van der Waals surface area contributed by atoms with Crippen molar-refractivity contribution >= 4 is 23.2 Å². The zero-order chi connectivity index (χ0) is 17.4. The van der Waals surface area contributed by atoms with E-state index in [1.54, 1.807) is 24.3 Å². The number of carbonyl (C=O) groups excluding carboxylic acids is 2. The van der Waals surface area contributed by atoms with Crippen molar-refractivity contribution in [3.8, 4) is 5.75 Å². The van der Waals surface area contributed by atoms with E-state index in [1.807, 2.05) is 24.3 Å². The Morgan fingerprint density at radius 3 is 2.20 bits per heavy atom. The molecule has 0 radical (unpaired) electrons. The van der Waals surface area contributed by atoms with Gasteiger partial charge in [-0.05, 0) is 23.8 Å². The Hall–Kier alpha value is -3.15. The molecular weight excluding hydrogens is 318 g/mol. The van der Waals surface area contributed by atoms with Crippen LogP contribution in [0.25, 0.3) is 0 Å². The van der Waals surface area contributed by atoms with Crippen LogP contribution in [0, 0.1) is 0 Å². The van der Waals surface area contributed by atoms with Crippen molar-refractivity contribution in [1.82, 2.24) is 10.6 Å². The van der Waals surface area contributed by atoms with Crippen molar-refractivity contribution in [2.75, 3.05) is 0 Å². The average molecular weight is 335 g/mol. The molecule has 0 aliphatic carbocycles. The summed E-state index contributed by atoms with van der Waals surface area (Å²) in [5, 5.41) is 14.9. The monoisotopic (exact) mass is 335 g/mol. The second-order valence-corrected chi connectivity index (χ2v) is 6.27. The molecule has 2 unspecified atom stereocenters. The van der Waals surface area contributed by atoms with Gasteiger partial charge in [-0.15, -0.1) is 0 Å². The predicted octanol–water partition coefficient (Wildman–Crippen LogP) is 1.44. The van der Waals surface area contributed by atoms with Crippen molar-refractivity contribution in [3.63, 3.8) is 0 Å². The van der Waals surface area contributed by atoms with E-state index in [1.165, 1.54) is 0 Å². The Bertz CT molecular complexity index is 874. The average Bonchev–Trinajstić information content (AvgIpc) is 2.58. The number of rotatable bonds is 4. The SMILES string of the molecule is O=C1NC(Cc2ccc(O)cc2)C(=O)NC1CC1=Nc2ccccc21. The Morgan fingerprint density at radius 1 is 0.880 bits per heavy atom. The normalized spacial score (nSPS) is 21.5. The van der Waals surface area contributed by atoms with Crippen LogP contribution in [0.4, 0.5) is 5.69 Å². The molecule has 0 bridgehead atoms. The number of carbonyl (C=O) groups is 2. The summed E-state index contributed by atoms with van der Waals surface area (Å²) in [5.41, 5.74) is 3.67. The van der Waals surface area contributed by atoms with E-state index in [0.717, 1.165) is 22.5 Å². The Morgan fingerprint density at radius 2 is 1.52 bits per heavy atom. The van der Waals surface area contributed by atoms with Crippen LogP contribution in [0.3, 0.4) is 0 Å². The second kappa shape index (κ2) is 6.05. The van der Waals surface area contributed by atoms with Crippen LogP contribution >= 0.6 is 0 Å². The number of phenolic OH excluding ortho intramolecular Hbond substituents is 1. The lowest BCUT2D eigenvalue weighted by Gasteiger charge is -2.31. The first-order valence-electron chi connectivity index (χ1n) is 8.16. The summed E-state index contributed by atoms with van der Waals surface area (Å²) in [6.45, 7) is 0. The number of hydrogen-bond donors (Lipinski definition) is 3. The summed E-state index contributed by atoms with van der Waals surface area (Å²) in [5.74, 6) is -0.233. The first-order valence-corrected chi connectivity index (χ1v) is 8.16. The van der Waals surface area contributed by atoms with Gasteiger partial charge in [0.2, 0.25) is 11.8 Å². The number of nitrogens with one attached hydrogen (secondary N) is 2.